The molecular weight excluding hydrogens is 152 g/mol. The minimum absolute atomic E-state index is 0.659. The van der Waals surface area contributed by atoms with Crippen molar-refractivity contribution in [2.75, 3.05) is 5.75 Å². The van der Waals surface area contributed by atoms with Crippen LogP contribution in [0.25, 0.3) is 0 Å². The topological polar surface area (TPSA) is 0 Å². The Kier molecular flexibility index (Phi) is 5.75. The van der Waals surface area contributed by atoms with Gasteiger partial charge >= 0.3 is 0 Å². The molecule has 0 N–H and O–H groups in total. The van der Waals surface area contributed by atoms with Gasteiger partial charge < -0.3 is 0 Å². The Morgan fingerprint density at radius 1 is 1.27 bits per heavy atom. The molecule has 0 unspecified atom stereocenters. The molecule has 0 amide bonds. The highest BCUT2D eigenvalue weighted by Crippen LogP contribution is 2.13. The van der Waals surface area contributed by atoms with Crippen LogP contribution in [0.15, 0.2) is 11.6 Å². The van der Waals surface area contributed by atoms with E-state index in [1.807, 2.05) is 0 Å². The van der Waals surface area contributed by atoms with Crippen LogP contribution in [-0.2, 0) is 0 Å². The van der Waals surface area contributed by atoms with E-state index < -0.39 is 0 Å². The molecule has 1 heteroatoms. The van der Waals surface area contributed by atoms with E-state index in [4.69, 9.17) is 0 Å². The van der Waals surface area contributed by atoms with E-state index >= 15 is 0 Å². The minimum Gasteiger partial charge on any atom is -0.175 e. The number of hydrogen-bond acceptors (Lipinski definition) is 1. The quantitative estimate of drug-likeness (QED) is 0.486. The van der Waals surface area contributed by atoms with E-state index in [1.54, 1.807) is 0 Å². The van der Waals surface area contributed by atoms with Crippen molar-refractivity contribution >= 4 is 12.6 Å². The second kappa shape index (κ2) is 5.70. The van der Waals surface area contributed by atoms with Gasteiger partial charge in [0, 0.05) is 5.75 Å². The van der Waals surface area contributed by atoms with Crippen LogP contribution in [0.3, 0.4) is 0 Å². The number of rotatable bonds is 4. The summed E-state index contributed by atoms with van der Waals surface area (Å²) in [7, 11) is 0. The maximum atomic E-state index is 4.29. The molecule has 0 rings (SSSR count). The smallest absolute Gasteiger partial charge is 0.0115 e. The average Bonchev–Trinajstić information content (AvgIpc) is 1.87. The maximum Gasteiger partial charge on any atom is 0.0115 e. The second-order valence-corrected chi connectivity index (χ2v) is 4.04. The zero-order valence-corrected chi connectivity index (χ0v) is 8.99. The summed E-state index contributed by atoms with van der Waals surface area (Å²) in [6.45, 7) is 8.94. The monoisotopic (exact) mass is 172 g/mol. The van der Waals surface area contributed by atoms with Crippen molar-refractivity contribution in [3.05, 3.63) is 11.6 Å². The van der Waals surface area contributed by atoms with Gasteiger partial charge in [-0.3, -0.25) is 0 Å². The zero-order chi connectivity index (χ0) is 8.85. The standard InChI is InChI=1S/C10H20S/c1-8(2)5-6-10(7-11)9(3)4/h6,8-9,11H,5,7H2,1-4H3. The minimum atomic E-state index is 0.659. The van der Waals surface area contributed by atoms with Crippen LogP contribution in [0.2, 0.25) is 0 Å². The van der Waals surface area contributed by atoms with E-state index in [2.05, 4.69) is 46.4 Å². The van der Waals surface area contributed by atoms with Gasteiger partial charge in [0.15, 0.2) is 0 Å². The van der Waals surface area contributed by atoms with E-state index in [1.165, 1.54) is 12.0 Å². The summed E-state index contributed by atoms with van der Waals surface area (Å²) in [6.07, 6.45) is 3.52. The lowest BCUT2D eigenvalue weighted by Gasteiger charge is -2.08. The van der Waals surface area contributed by atoms with Gasteiger partial charge in [-0.2, -0.15) is 12.6 Å². The molecule has 11 heavy (non-hydrogen) atoms. The highest BCUT2D eigenvalue weighted by atomic mass is 32.1. The SMILES string of the molecule is CC(C)CC=C(CS)C(C)C. The largest absolute Gasteiger partial charge is 0.175 e. The van der Waals surface area contributed by atoms with Crippen LogP contribution in [0.4, 0.5) is 0 Å². The molecule has 0 aliphatic carbocycles. The third-order valence-electron chi connectivity index (χ3n) is 1.78. The Labute approximate surface area is 76.5 Å². The summed E-state index contributed by atoms with van der Waals surface area (Å²) in [5, 5.41) is 0. The van der Waals surface area contributed by atoms with Crippen molar-refractivity contribution in [2.24, 2.45) is 11.8 Å². The lowest BCUT2D eigenvalue weighted by molar-refractivity contribution is 0.651. The summed E-state index contributed by atoms with van der Waals surface area (Å²) in [5.74, 6) is 2.33. The molecule has 0 bridgehead atoms. The van der Waals surface area contributed by atoms with Gasteiger partial charge in [-0.1, -0.05) is 39.3 Å². The number of thiol groups is 1. The predicted molar refractivity (Wildman–Crippen MR) is 56.2 cm³/mol. The first-order valence-corrected chi connectivity index (χ1v) is 5.01. The maximum absolute atomic E-state index is 4.29. The van der Waals surface area contributed by atoms with Crippen molar-refractivity contribution in [2.45, 2.75) is 34.1 Å². The normalized spacial score (nSPS) is 13.2. The van der Waals surface area contributed by atoms with Gasteiger partial charge in [0.2, 0.25) is 0 Å². The predicted octanol–water partition coefficient (Wildman–Crippen LogP) is 3.54. The summed E-state index contributed by atoms with van der Waals surface area (Å²) in [5.41, 5.74) is 1.47. The van der Waals surface area contributed by atoms with E-state index in [0.717, 1.165) is 11.7 Å². The Morgan fingerprint density at radius 3 is 2.09 bits per heavy atom. The van der Waals surface area contributed by atoms with Crippen LogP contribution >= 0.6 is 12.6 Å². The third-order valence-corrected chi connectivity index (χ3v) is 2.14. The Balaban J connectivity index is 3.91. The Hall–Kier alpha value is 0.0900. The van der Waals surface area contributed by atoms with Crippen molar-refractivity contribution < 1.29 is 0 Å². The van der Waals surface area contributed by atoms with E-state index in [-0.39, 0.29) is 0 Å². The van der Waals surface area contributed by atoms with Crippen LogP contribution in [0.5, 0.6) is 0 Å². The third kappa shape index (κ3) is 5.37. The zero-order valence-electron chi connectivity index (χ0n) is 8.09. The lowest BCUT2D eigenvalue weighted by Crippen LogP contribution is -1.96. The molecular formula is C10H20S. The van der Waals surface area contributed by atoms with Gasteiger partial charge in [-0.15, -0.1) is 0 Å². The van der Waals surface area contributed by atoms with Gasteiger partial charge in [-0.25, -0.2) is 0 Å². The number of allylic oxidation sites excluding steroid dienone is 1. The van der Waals surface area contributed by atoms with Gasteiger partial charge in [0.25, 0.3) is 0 Å². The lowest BCUT2D eigenvalue weighted by atomic mass is 10.0. The highest BCUT2D eigenvalue weighted by Gasteiger charge is 2.00. The van der Waals surface area contributed by atoms with Crippen molar-refractivity contribution in [1.29, 1.82) is 0 Å². The molecule has 0 aromatic rings. The molecule has 0 spiro atoms. The van der Waals surface area contributed by atoms with E-state index in [0.29, 0.717) is 5.92 Å². The van der Waals surface area contributed by atoms with Gasteiger partial charge in [0.05, 0.1) is 0 Å². The summed E-state index contributed by atoms with van der Waals surface area (Å²) in [4.78, 5) is 0. The van der Waals surface area contributed by atoms with Gasteiger partial charge in [0.1, 0.15) is 0 Å². The molecule has 0 atom stereocenters. The van der Waals surface area contributed by atoms with Crippen molar-refractivity contribution in [3.63, 3.8) is 0 Å². The highest BCUT2D eigenvalue weighted by molar-refractivity contribution is 7.80. The average molecular weight is 172 g/mol. The first-order chi connectivity index (χ1) is 5.07. The van der Waals surface area contributed by atoms with Crippen LogP contribution in [0.1, 0.15) is 34.1 Å². The molecule has 0 aromatic heterocycles. The number of hydrogen-bond donors (Lipinski definition) is 1. The molecule has 0 aliphatic rings. The molecule has 0 aromatic carbocycles. The fraction of sp³-hybridized carbons (Fsp3) is 0.800. The molecule has 0 radical (unpaired) electrons. The summed E-state index contributed by atoms with van der Waals surface area (Å²) < 4.78 is 0. The van der Waals surface area contributed by atoms with Crippen LogP contribution < -0.4 is 0 Å². The molecule has 0 fully saturated rings. The van der Waals surface area contributed by atoms with Crippen LogP contribution in [-0.4, -0.2) is 5.75 Å². The van der Waals surface area contributed by atoms with Crippen LogP contribution in [0, 0.1) is 11.8 Å². The molecule has 0 nitrogen and oxygen atoms in total. The van der Waals surface area contributed by atoms with Crippen molar-refractivity contribution in [3.8, 4) is 0 Å². The fourth-order valence-corrected chi connectivity index (χ4v) is 1.36. The van der Waals surface area contributed by atoms with E-state index in [9.17, 15) is 0 Å². The molecule has 0 aliphatic heterocycles. The first kappa shape index (κ1) is 11.1. The molecule has 0 heterocycles. The molecule has 66 valence electrons. The second-order valence-electron chi connectivity index (χ2n) is 3.72. The summed E-state index contributed by atoms with van der Waals surface area (Å²) >= 11 is 4.29. The Morgan fingerprint density at radius 2 is 1.82 bits per heavy atom. The molecule has 0 saturated heterocycles. The van der Waals surface area contributed by atoms with Crippen molar-refractivity contribution in [1.82, 2.24) is 0 Å². The molecule has 0 saturated carbocycles. The van der Waals surface area contributed by atoms with Gasteiger partial charge in [-0.05, 0) is 18.3 Å². The Bertz CT molecular complexity index is 123. The summed E-state index contributed by atoms with van der Waals surface area (Å²) in [6, 6.07) is 0. The fourth-order valence-electron chi connectivity index (χ4n) is 0.870. The first-order valence-electron chi connectivity index (χ1n) is 4.37.